The van der Waals surface area contributed by atoms with Crippen molar-refractivity contribution in [3.05, 3.63) is 29.8 Å². The van der Waals surface area contributed by atoms with E-state index in [9.17, 15) is 4.79 Å². The Morgan fingerprint density at radius 2 is 2.22 bits per heavy atom. The van der Waals surface area contributed by atoms with Crippen LogP contribution in [0, 0.1) is 0 Å². The van der Waals surface area contributed by atoms with E-state index in [1.54, 1.807) is 0 Å². The minimum Gasteiger partial charge on any atom is -0.508 e. The van der Waals surface area contributed by atoms with Gasteiger partial charge < -0.3 is 5.11 Å². The average molecular weight is 125 g/mol. The van der Waals surface area contributed by atoms with E-state index in [1.807, 2.05) is 0 Å². The average Bonchev–Trinajstić information content (AvgIpc) is 1.99. The lowest BCUT2D eigenvalue weighted by Crippen LogP contribution is -1.74. The summed E-state index contributed by atoms with van der Waals surface area (Å²) in [7, 11) is 0. The molecule has 1 aromatic carbocycles. The topological polar surface area (TPSA) is 37.3 Å². The Hall–Kier alpha value is -1.31. The number of aldehydes is 1. The zero-order valence-electron chi connectivity index (χ0n) is 7.51. The Bertz CT molecular complexity index is 312. The molecule has 0 heterocycles. The van der Waals surface area contributed by atoms with Crippen LogP contribution in [0.1, 0.15) is 14.5 Å². The lowest BCUT2D eigenvalue weighted by atomic mass is 10.2. The molecule has 0 radical (unpaired) electrons. The van der Waals surface area contributed by atoms with Gasteiger partial charge in [0.05, 0.1) is 2.74 Å². The maximum Gasteiger partial charge on any atom is 0.150 e. The van der Waals surface area contributed by atoms with Crippen molar-refractivity contribution in [2.45, 2.75) is 0 Å². The van der Waals surface area contributed by atoms with Crippen molar-refractivity contribution in [2.75, 3.05) is 0 Å². The Balaban J connectivity index is 3.31. The van der Waals surface area contributed by atoms with Crippen LogP contribution in [0.15, 0.2) is 24.2 Å². The molecule has 0 aliphatic carbocycles. The number of rotatable bonds is 1. The molecule has 0 spiro atoms. The molecule has 9 heavy (non-hydrogen) atoms. The second-order valence-corrected chi connectivity index (χ2v) is 1.48. The molecule has 0 aliphatic heterocycles. The monoisotopic (exact) mass is 125 g/mol. The predicted octanol–water partition coefficient (Wildman–Crippen LogP) is 1.20. The van der Waals surface area contributed by atoms with Gasteiger partial charge in [0.1, 0.15) is 13.4 Å². The molecule has 2 heteroatoms. The van der Waals surface area contributed by atoms with Gasteiger partial charge in [0, 0.05) is 5.56 Å². The highest BCUT2D eigenvalue weighted by Gasteiger charge is 1.86. The second-order valence-electron chi connectivity index (χ2n) is 1.48. The lowest BCUT2D eigenvalue weighted by Gasteiger charge is -1.88. The number of phenolic OH excluding ortho intramolecular Hbond substituents is 1. The van der Waals surface area contributed by atoms with E-state index in [2.05, 4.69) is 0 Å². The zero-order valence-corrected chi connectivity index (χ0v) is 4.51. The molecule has 0 fully saturated rings. The maximum atomic E-state index is 10.5. The molecule has 0 amide bonds. The van der Waals surface area contributed by atoms with Gasteiger partial charge in [-0.2, -0.15) is 0 Å². The Morgan fingerprint density at radius 3 is 2.67 bits per heavy atom. The summed E-state index contributed by atoms with van der Waals surface area (Å²) in [4.78, 5) is 10.5. The number of phenols is 1. The number of benzene rings is 1. The van der Waals surface area contributed by atoms with E-state index >= 15 is 0 Å². The highest BCUT2D eigenvalue weighted by atomic mass is 16.3. The molecule has 1 rings (SSSR count). The lowest BCUT2D eigenvalue weighted by molar-refractivity contribution is 0.112. The molecule has 0 atom stereocenters. The fourth-order valence-electron chi connectivity index (χ4n) is 0.434. The minimum atomic E-state index is -0.961. The third kappa shape index (κ3) is 1.29. The number of hydrogen-bond acceptors (Lipinski definition) is 2. The fourth-order valence-corrected chi connectivity index (χ4v) is 0.434. The number of carbonyl (C=O) groups is 1. The van der Waals surface area contributed by atoms with Gasteiger partial charge >= 0.3 is 0 Å². The third-order valence-corrected chi connectivity index (χ3v) is 0.847. The molecule has 0 aromatic heterocycles. The van der Waals surface area contributed by atoms with E-state index in [1.165, 1.54) is 0 Å². The van der Waals surface area contributed by atoms with E-state index in [4.69, 9.17) is 9.22 Å². The van der Waals surface area contributed by atoms with Crippen LogP contribution in [0.2, 0.25) is 0 Å². The third-order valence-electron chi connectivity index (χ3n) is 0.847. The standard InChI is InChI=1S/C7H6O2/c8-5-6-1-3-7(9)4-2-6/h1-5,9H/i3D,4D,5D. The molecule has 0 unspecified atom stereocenters. The Morgan fingerprint density at radius 1 is 1.67 bits per heavy atom. The summed E-state index contributed by atoms with van der Waals surface area (Å²) in [5.41, 5.74) is -0.0530. The van der Waals surface area contributed by atoms with Gasteiger partial charge in [0.15, 0.2) is 0 Å². The van der Waals surface area contributed by atoms with Gasteiger partial charge in [-0.3, -0.25) is 4.79 Å². The molecule has 0 aliphatic rings. The van der Waals surface area contributed by atoms with E-state index in [0.29, 0.717) is 0 Å². The van der Waals surface area contributed by atoms with Crippen LogP contribution in [0.25, 0.3) is 0 Å². The molecule has 1 aromatic rings. The molecule has 0 bridgehead atoms. The van der Waals surface area contributed by atoms with Crippen LogP contribution in [0.3, 0.4) is 0 Å². The molecule has 0 saturated heterocycles. The summed E-state index contributed by atoms with van der Waals surface area (Å²) in [5, 5.41) is 8.96. The SMILES string of the molecule is [2H]C(=O)c1cc([2H])c(O)c([2H])c1. The summed E-state index contributed by atoms with van der Waals surface area (Å²) in [5.74, 6) is -0.472. The number of carbonyl (C=O) groups excluding carboxylic acids is 1. The summed E-state index contributed by atoms with van der Waals surface area (Å²) in [6, 6.07) is 1.50. The summed E-state index contributed by atoms with van der Waals surface area (Å²) in [6.45, 7) is 0. The van der Waals surface area contributed by atoms with Crippen LogP contribution < -0.4 is 0 Å². The minimum absolute atomic E-state index is 0.0530. The first-order chi connectivity index (χ1) is 5.52. The quantitative estimate of drug-likeness (QED) is 0.573. The van der Waals surface area contributed by atoms with Crippen molar-refractivity contribution in [1.82, 2.24) is 0 Å². The summed E-state index contributed by atoms with van der Waals surface area (Å²) >= 11 is 0. The molecule has 46 valence electrons. The van der Waals surface area contributed by atoms with Gasteiger partial charge in [-0.15, -0.1) is 0 Å². The first-order valence-electron chi connectivity index (χ1n) is 3.83. The second kappa shape index (κ2) is 2.31. The van der Waals surface area contributed by atoms with E-state index in [0.717, 1.165) is 12.1 Å². The van der Waals surface area contributed by atoms with Crippen LogP contribution in [-0.2, 0) is 0 Å². The zero-order chi connectivity index (χ0) is 9.30. The van der Waals surface area contributed by atoms with Gasteiger partial charge in [-0.05, 0) is 24.2 Å². The van der Waals surface area contributed by atoms with Gasteiger partial charge in [-0.25, -0.2) is 0 Å². The number of aromatic hydroxyl groups is 1. The largest absolute Gasteiger partial charge is 0.508 e. The Labute approximate surface area is 57.0 Å². The maximum absolute atomic E-state index is 10.5. The number of hydrogen-bond donors (Lipinski definition) is 1. The van der Waals surface area contributed by atoms with Gasteiger partial charge in [-0.1, -0.05) is 0 Å². The first-order valence-corrected chi connectivity index (χ1v) is 2.33. The van der Waals surface area contributed by atoms with E-state index in [-0.39, 0.29) is 17.6 Å². The van der Waals surface area contributed by atoms with Crippen LogP contribution in [0.5, 0.6) is 5.75 Å². The Kier molecular flexibility index (Phi) is 0.772. The smallest absolute Gasteiger partial charge is 0.150 e. The van der Waals surface area contributed by atoms with Crippen molar-refractivity contribution in [3.63, 3.8) is 0 Å². The predicted molar refractivity (Wildman–Crippen MR) is 33.5 cm³/mol. The van der Waals surface area contributed by atoms with Crippen molar-refractivity contribution >= 4 is 6.26 Å². The van der Waals surface area contributed by atoms with Crippen LogP contribution >= 0.6 is 0 Å². The van der Waals surface area contributed by atoms with Crippen molar-refractivity contribution in [3.8, 4) is 5.75 Å². The summed E-state index contributed by atoms with van der Waals surface area (Å²) < 4.78 is 20.9. The summed E-state index contributed by atoms with van der Waals surface area (Å²) in [6.07, 6.45) is -0.961. The van der Waals surface area contributed by atoms with Gasteiger partial charge in [0.25, 0.3) is 0 Å². The highest BCUT2D eigenvalue weighted by Crippen LogP contribution is 2.07. The van der Waals surface area contributed by atoms with Crippen molar-refractivity contribution < 1.29 is 14.0 Å². The molecule has 2 nitrogen and oxygen atoms in total. The van der Waals surface area contributed by atoms with Crippen LogP contribution in [0.4, 0.5) is 0 Å². The highest BCUT2D eigenvalue weighted by molar-refractivity contribution is 5.74. The molecule has 1 N–H and O–H groups in total. The van der Waals surface area contributed by atoms with Gasteiger partial charge in [0.2, 0.25) is 0 Å². The van der Waals surface area contributed by atoms with Crippen molar-refractivity contribution in [1.29, 1.82) is 0 Å². The molecule has 0 saturated carbocycles. The first kappa shape index (κ1) is 3.01. The van der Waals surface area contributed by atoms with E-state index < -0.39 is 12.0 Å². The van der Waals surface area contributed by atoms with Crippen LogP contribution in [-0.4, -0.2) is 11.4 Å². The normalized spacial score (nSPS) is 13.6. The molecular weight excluding hydrogens is 116 g/mol. The van der Waals surface area contributed by atoms with Crippen molar-refractivity contribution in [2.24, 2.45) is 0 Å². The molecular formula is C7H6O2. The fraction of sp³-hybridized carbons (Fsp3) is 0.